The summed E-state index contributed by atoms with van der Waals surface area (Å²) < 4.78 is 2.19. The normalized spacial score (nSPS) is 11.4. The summed E-state index contributed by atoms with van der Waals surface area (Å²) in [6.07, 6.45) is 2.10. The molecule has 0 aliphatic carbocycles. The van der Waals surface area contributed by atoms with E-state index in [1.54, 1.807) is 0 Å². The molecule has 9 aromatic carbocycles. The molecule has 0 saturated carbocycles. The van der Waals surface area contributed by atoms with Crippen LogP contribution in [0.2, 0.25) is 0 Å². The fraction of sp³-hybridized carbons (Fsp3) is 0.0615. The first-order chi connectivity index (χ1) is 33.8. The van der Waals surface area contributed by atoms with Crippen molar-refractivity contribution in [1.29, 1.82) is 0 Å². The first-order valence-electron chi connectivity index (χ1n) is 23.7. The van der Waals surface area contributed by atoms with Crippen LogP contribution in [0, 0.1) is 0 Å². The molecule has 0 saturated heterocycles. The molecule has 4 heteroatoms. The summed E-state index contributed by atoms with van der Waals surface area (Å²) in [5.74, 6) is 0. The topological polar surface area (TPSA) is 23.8 Å². The van der Waals surface area contributed by atoms with Crippen molar-refractivity contribution in [3.05, 3.63) is 267 Å². The molecule has 11 aromatic rings. The number of fused-ring (bicyclic) bond motifs is 1. The third-order valence-corrected chi connectivity index (χ3v) is 13.0. The largest absolute Gasteiger partial charge is 0.311 e. The van der Waals surface area contributed by atoms with Crippen molar-refractivity contribution in [2.75, 3.05) is 9.80 Å². The third kappa shape index (κ3) is 8.84. The van der Waals surface area contributed by atoms with Crippen LogP contribution in [0.25, 0.3) is 61.5 Å². The Kier molecular flexibility index (Phi) is 11.5. The average molecular weight is 889 g/mol. The molecule has 0 aliphatic heterocycles. The lowest BCUT2D eigenvalue weighted by Gasteiger charge is -2.27. The number of hydrogen-bond donors (Lipinski definition) is 0. The van der Waals surface area contributed by atoms with E-state index in [-0.39, 0.29) is 5.41 Å². The number of benzene rings is 9. The molecule has 0 unspecified atom stereocenters. The molecule has 0 N–H and O–H groups in total. The summed E-state index contributed by atoms with van der Waals surface area (Å²) in [5.41, 5.74) is 20.1. The van der Waals surface area contributed by atoms with Gasteiger partial charge in [-0.25, -0.2) is 4.98 Å². The maximum Gasteiger partial charge on any atom is 0.137 e. The molecule has 0 fully saturated rings. The minimum absolute atomic E-state index is 0.0453. The third-order valence-electron chi connectivity index (χ3n) is 13.0. The second-order valence-electron chi connectivity index (χ2n) is 18.5. The number of nitrogens with zero attached hydrogens (tertiary/aromatic N) is 4. The monoisotopic (exact) mass is 888 g/mol. The van der Waals surface area contributed by atoms with Gasteiger partial charge in [-0.15, -0.1) is 0 Å². The summed E-state index contributed by atoms with van der Waals surface area (Å²) >= 11 is 0. The van der Waals surface area contributed by atoms with Crippen LogP contribution in [0.4, 0.5) is 34.1 Å². The molecule has 332 valence electrons. The quantitative estimate of drug-likeness (QED) is 0.129. The number of hydrogen-bond acceptors (Lipinski definition) is 3. The molecule has 4 nitrogen and oxygen atoms in total. The van der Waals surface area contributed by atoms with Crippen LogP contribution in [0.15, 0.2) is 261 Å². The fourth-order valence-corrected chi connectivity index (χ4v) is 9.32. The Bertz CT molecular complexity index is 3360. The minimum Gasteiger partial charge on any atom is -0.311 e. The number of aromatic nitrogens is 2. The Labute approximate surface area is 405 Å². The number of imidazole rings is 1. The molecule has 0 amide bonds. The van der Waals surface area contributed by atoms with Gasteiger partial charge in [-0.3, -0.25) is 4.40 Å². The van der Waals surface area contributed by atoms with Crippen LogP contribution >= 0.6 is 0 Å². The highest BCUT2D eigenvalue weighted by atomic mass is 15.1. The van der Waals surface area contributed by atoms with Gasteiger partial charge in [-0.2, -0.15) is 0 Å². The van der Waals surface area contributed by atoms with Gasteiger partial charge in [0, 0.05) is 51.4 Å². The summed E-state index contributed by atoms with van der Waals surface area (Å²) in [7, 11) is 0. The zero-order valence-corrected chi connectivity index (χ0v) is 39.1. The second kappa shape index (κ2) is 18.5. The molecular formula is C65H52N4. The zero-order chi connectivity index (χ0) is 46.7. The highest BCUT2D eigenvalue weighted by Gasteiger charge is 2.20. The lowest BCUT2D eigenvalue weighted by molar-refractivity contribution is 0.590. The first-order valence-corrected chi connectivity index (χ1v) is 23.7. The molecule has 2 aromatic heterocycles. The van der Waals surface area contributed by atoms with Gasteiger partial charge in [0.2, 0.25) is 0 Å². The predicted molar refractivity (Wildman–Crippen MR) is 290 cm³/mol. The van der Waals surface area contributed by atoms with E-state index in [0.29, 0.717) is 0 Å². The van der Waals surface area contributed by atoms with Gasteiger partial charge in [0.25, 0.3) is 0 Å². The SMILES string of the molecule is CC(C)(C)c1ccc(N(c2ccc(-c3ccc(N(c4ccc(-c5ccccc5)cc4)c4ccc(-c5ccccc5)cc4)cc3)cc2)c2ccc(-c3c(-c4ccccc4)nc4ccccn34)cc2)cc1. The lowest BCUT2D eigenvalue weighted by atomic mass is 9.87. The number of rotatable bonds is 11. The van der Waals surface area contributed by atoms with Crippen LogP contribution in [-0.4, -0.2) is 9.38 Å². The zero-order valence-electron chi connectivity index (χ0n) is 39.1. The smallest absolute Gasteiger partial charge is 0.137 e. The van der Waals surface area contributed by atoms with Crippen molar-refractivity contribution in [3.63, 3.8) is 0 Å². The van der Waals surface area contributed by atoms with Crippen molar-refractivity contribution < 1.29 is 0 Å². The van der Waals surface area contributed by atoms with Crippen LogP contribution in [0.5, 0.6) is 0 Å². The summed E-state index contributed by atoms with van der Waals surface area (Å²) in [5, 5.41) is 0. The average Bonchev–Trinajstić information content (AvgIpc) is 3.80. The van der Waals surface area contributed by atoms with Crippen molar-refractivity contribution >= 4 is 39.8 Å². The molecule has 0 radical (unpaired) electrons. The maximum absolute atomic E-state index is 5.09. The van der Waals surface area contributed by atoms with E-state index < -0.39 is 0 Å². The molecule has 2 heterocycles. The Morgan fingerprint density at radius 3 is 0.971 bits per heavy atom. The van der Waals surface area contributed by atoms with E-state index in [4.69, 9.17) is 4.98 Å². The van der Waals surface area contributed by atoms with Crippen LogP contribution < -0.4 is 9.80 Å². The van der Waals surface area contributed by atoms with E-state index in [2.05, 4.69) is 284 Å². The van der Waals surface area contributed by atoms with Crippen LogP contribution in [0.3, 0.4) is 0 Å². The van der Waals surface area contributed by atoms with Crippen LogP contribution in [-0.2, 0) is 5.41 Å². The molecule has 0 atom stereocenters. The predicted octanol–water partition coefficient (Wildman–Crippen LogP) is 17.9. The second-order valence-corrected chi connectivity index (χ2v) is 18.5. The van der Waals surface area contributed by atoms with Gasteiger partial charge in [-0.05, 0) is 129 Å². The van der Waals surface area contributed by atoms with Crippen molar-refractivity contribution in [2.45, 2.75) is 26.2 Å². The molecule has 0 bridgehead atoms. The van der Waals surface area contributed by atoms with E-state index in [0.717, 1.165) is 73.4 Å². The Morgan fingerprint density at radius 1 is 0.304 bits per heavy atom. The standard InChI is InChI=1S/C65H52N4/c1-65(2,3)55-32-44-61(45-33-55)69(60-42-30-54(31-43-60)64-63(53-19-11-6-12-20-53)66-62-21-13-14-46-67(62)64)59-40-28-52(29-41-59)51-26-38-58(39-27-51)68(56-34-22-49(23-35-56)47-15-7-4-8-16-47)57-36-24-50(25-37-57)48-17-9-5-10-18-48/h4-46H,1-3H3. The van der Waals surface area contributed by atoms with Crippen molar-refractivity contribution in [1.82, 2.24) is 9.38 Å². The summed E-state index contributed by atoms with van der Waals surface area (Å²) in [6, 6.07) is 91.3. The number of pyridine rings is 1. The van der Waals surface area contributed by atoms with E-state index in [1.807, 2.05) is 12.1 Å². The summed E-state index contributed by atoms with van der Waals surface area (Å²) in [4.78, 5) is 9.77. The Morgan fingerprint density at radius 2 is 0.609 bits per heavy atom. The lowest BCUT2D eigenvalue weighted by Crippen LogP contribution is -2.13. The highest BCUT2D eigenvalue weighted by Crippen LogP contribution is 2.41. The Hall–Kier alpha value is -8.73. The molecule has 69 heavy (non-hydrogen) atoms. The summed E-state index contributed by atoms with van der Waals surface area (Å²) in [6.45, 7) is 6.78. The minimum atomic E-state index is 0.0453. The van der Waals surface area contributed by atoms with Crippen LogP contribution in [0.1, 0.15) is 26.3 Å². The van der Waals surface area contributed by atoms with Gasteiger partial charge in [0.15, 0.2) is 0 Å². The van der Waals surface area contributed by atoms with E-state index in [1.165, 1.54) is 27.8 Å². The molecule has 0 aliphatic rings. The van der Waals surface area contributed by atoms with Gasteiger partial charge >= 0.3 is 0 Å². The Balaban J connectivity index is 0.919. The van der Waals surface area contributed by atoms with Crippen molar-refractivity contribution in [2.24, 2.45) is 0 Å². The highest BCUT2D eigenvalue weighted by molar-refractivity contribution is 5.86. The van der Waals surface area contributed by atoms with Gasteiger partial charge in [-0.1, -0.05) is 191 Å². The number of anilines is 6. The van der Waals surface area contributed by atoms with Gasteiger partial charge in [0.05, 0.1) is 11.4 Å². The molecule has 0 spiro atoms. The first kappa shape index (κ1) is 42.9. The molecular weight excluding hydrogens is 837 g/mol. The maximum atomic E-state index is 5.09. The van der Waals surface area contributed by atoms with Gasteiger partial charge in [0.1, 0.15) is 5.65 Å². The van der Waals surface area contributed by atoms with Crippen molar-refractivity contribution in [3.8, 4) is 55.9 Å². The van der Waals surface area contributed by atoms with Gasteiger partial charge < -0.3 is 9.80 Å². The van der Waals surface area contributed by atoms with E-state index >= 15 is 0 Å². The molecule has 11 rings (SSSR count). The fourth-order valence-electron chi connectivity index (χ4n) is 9.32. The van der Waals surface area contributed by atoms with E-state index in [9.17, 15) is 0 Å².